The number of thiophene rings is 1. The Balaban J connectivity index is 1.85. The fourth-order valence-corrected chi connectivity index (χ4v) is 4.30. The number of methoxy groups -OCH3 is 1. The first-order valence-corrected chi connectivity index (χ1v) is 9.59. The lowest BCUT2D eigenvalue weighted by Gasteiger charge is -2.56. The fourth-order valence-electron chi connectivity index (χ4n) is 3.60. The van der Waals surface area contributed by atoms with Gasteiger partial charge in [-0.2, -0.15) is 0 Å². The van der Waals surface area contributed by atoms with E-state index in [1.807, 2.05) is 11.4 Å². The summed E-state index contributed by atoms with van der Waals surface area (Å²) < 4.78 is 10.3. The number of hydrogen-bond donors (Lipinski definition) is 2. The molecule has 2 aliphatic heterocycles. The van der Waals surface area contributed by atoms with Crippen LogP contribution in [0.2, 0.25) is 0 Å². The summed E-state index contributed by atoms with van der Waals surface area (Å²) in [7, 11) is 1.28. The summed E-state index contributed by atoms with van der Waals surface area (Å²) in [5.41, 5.74) is -2.12. The molecular weight excluding hydrogens is 388 g/mol. The third-order valence-corrected chi connectivity index (χ3v) is 5.67. The Labute approximate surface area is 164 Å². The summed E-state index contributed by atoms with van der Waals surface area (Å²) in [5.74, 6) is -3.30. The van der Waals surface area contributed by atoms with Gasteiger partial charge in [0, 0.05) is 12.0 Å². The van der Waals surface area contributed by atoms with Gasteiger partial charge in [0.15, 0.2) is 0 Å². The van der Waals surface area contributed by atoms with E-state index in [9.17, 15) is 24.3 Å². The minimum atomic E-state index is -1.64. The molecule has 0 aromatic carbocycles. The Morgan fingerprint density at radius 3 is 2.75 bits per heavy atom. The smallest absolute Gasteiger partial charge is 0.353 e. The number of nitrogens with one attached hydrogen (secondary N) is 1. The molecule has 0 bridgehead atoms. The maximum atomic E-state index is 12.9. The van der Waals surface area contributed by atoms with Crippen LogP contribution in [0.3, 0.4) is 0 Å². The zero-order valence-electron chi connectivity index (χ0n) is 15.4. The van der Waals surface area contributed by atoms with Crippen molar-refractivity contribution in [2.75, 3.05) is 13.7 Å². The van der Waals surface area contributed by atoms with Crippen LogP contribution >= 0.6 is 11.3 Å². The maximum Gasteiger partial charge on any atom is 0.353 e. The number of carbonyl (C=O) groups is 4. The summed E-state index contributed by atoms with van der Waals surface area (Å²) in [5, 5.41) is 14.0. The molecule has 3 rings (SSSR count). The lowest BCUT2D eigenvalue weighted by molar-refractivity contribution is -0.206. The molecule has 2 aliphatic rings. The summed E-state index contributed by atoms with van der Waals surface area (Å²) >= 11 is 1.41. The van der Waals surface area contributed by atoms with E-state index in [0.29, 0.717) is 0 Å². The second-order valence-corrected chi connectivity index (χ2v) is 7.36. The summed E-state index contributed by atoms with van der Waals surface area (Å²) in [6, 6.07) is 2.90. The summed E-state index contributed by atoms with van der Waals surface area (Å²) in [4.78, 5) is 51.0. The largest absolute Gasteiger partial charge is 0.477 e. The van der Waals surface area contributed by atoms with E-state index in [1.165, 1.54) is 18.4 Å². The van der Waals surface area contributed by atoms with Crippen LogP contribution < -0.4 is 5.32 Å². The normalized spacial score (nSPS) is 23.7. The molecule has 1 saturated heterocycles. The molecule has 0 saturated carbocycles. The average Bonchev–Trinajstić information content (AvgIpc) is 3.17. The number of β-lactam (4-membered cyclic amide) rings is 1. The van der Waals surface area contributed by atoms with E-state index in [2.05, 4.69) is 5.32 Å². The minimum absolute atomic E-state index is 0.0615. The zero-order valence-corrected chi connectivity index (χ0v) is 16.2. The van der Waals surface area contributed by atoms with Gasteiger partial charge in [0.25, 0.3) is 5.91 Å². The van der Waals surface area contributed by atoms with Crippen LogP contribution in [0.5, 0.6) is 0 Å². The molecule has 1 fully saturated rings. The van der Waals surface area contributed by atoms with E-state index in [1.54, 1.807) is 13.0 Å². The Morgan fingerprint density at radius 1 is 1.43 bits per heavy atom. The predicted octanol–water partition coefficient (Wildman–Crippen LogP) is 0.656. The Hall–Kier alpha value is -2.72. The number of carboxylic acid groups (broad SMARTS) is 1. The molecule has 2 N–H and O–H groups in total. The van der Waals surface area contributed by atoms with Crippen molar-refractivity contribution in [3.05, 3.63) is 33.7 Å². The van der Waals surface area contributed by atoms with Crippen molar-refractivity contribution in [1.29, 1.82) is 0 Å². The highest BCUT2D eigenvalue weighted by Gasteiger charge is 2.66. The first-order chi connectivity index (χ1) is 13.4. The topological polar surface area (TPSA) is 122 Å². The van der Waals surface area contributed by atoms with E-state index in [4.69, 9.17) is 9.47 Å². The molecule has 0 unspecified atom stereocenters. The summed E-state index contributed by atoms with van der Waals surface area (Å²) in [6.45, 7) is 1.70. The van der Waals surface area contributed by atoms with Gasteiger partial charge in [0.1, 0.15) is 5.70 Å². The van der Waals surface area contributed by atoms with Gasteiger partial charge >= 0.3 is 11.9 Å². The van der Waals surface area contributed by atoms with Crippen LogP contribution in [-0.4, -0.2) is 59.2 Å². The second kappa shape index (κ2) is 7.72. The number of carbonyl (C=O) groups excluding carboxylic acids is 3. The van der Waals surface area contributed by atoms with Gasteiger partial charge in [-0.1, -0.05) is 6.07 Å². The van der Waals surface area contributed by atoms with Crippen molar-refractivity contribution in [3.63, 3.8) is 0 Å². The molecule has 3 heterocycles. The van der Waals surface area contributed by atoms with Crippen LogP contribution in [0, 0.1) is 0 Å². The third kappa shape index (κ3) is 3.18. The van der Waals surface area contributed by atoms with Gasteiger partial charge in [0.2, 0.25) is 11.6 Å². The van der Waals surface area contributed by atoms with Crippen molar-refractivity contribution in [3.8, 4) is 0 Å². The number of fused-ring (bicyclic) bond motifs is 1. The van der Waals surface area contributed by atoms with E-state index in [0.717, 1.165) is 9.78 Å². The van der Waals surface area contributed by atoms with E-state index >= 15 is 0 Å². The molecule has 0 spiro atoms. The van der Waals surface area contributed by atoms with Gasteiger partial charge in [0.05, 0.1) is 24.6 Å². The van der Waals surface area contributed by atoms with Crippen LogP contribution in [-0.2, 0) is 35.1 Å². The van der Waals surface area contributed by atoms with Crippen LogP contribution in [0.1, 0.15) is 24.6 Å². The Kier molecular flexibility index (Phi) is 5.52. The minimum Gasteiger partial charge on any atom is -0.477 e. The molecule has 10 heteroatoms. The molecule has 150 valence electrons. The third-order valence-electron chi connectivity index (χ3n) is 4.80. The van der Waals surface area contributed by atoms with E-state index < -0.39 is 41.2 Å². The molecule has 2 atom stereocenters. The van der Waals surface area contributed by atoms with Crippen LogP contribution in [0.15, 0.2) is 28.8 Å². The van der Waals surface area contributed by atoms with Gasteiger partial charge in [-0.3, -0.25) is 14.5 Å². The number of amides is 2. The molecule has 1 aromatic heterocycles. The average molecular weight is 408 g/mol. The standard InChI is InChI=1S/C18H20N2O7S/c1-3-27-16(24)11-6-7-12-18(26-2,17(25)20(12)14(11)15(22)23)19-13(21)9-10-5-4-8-28-10/h4-5,8,12H,3,6-7,9H2,1-2H3,(H,19,21)(H,22,23)/t12-,18+/m0/s1. The van der Waals surface area contributed by atoms with Crippen molar-refractivity contribution in [2.24, 2.45) is 0 Å². The fraction of sp³-hybridized carbons (Fsp3) is 0.444. The highest BCUT2D eigenvalue weighted by Crippen LogP contribution is 2.43. The van der Waals surface area contributed by atoms with Gasteiger partial charge in [-0.25, -0.2) is 9.59 Å². The Bertz CT molecular complexity index is 848. The molecule has 0 aliphatic carbocycles. The number of hydrogen-bond acceptors (Lipinski definition) is 7. The molecule has 28 heavy (non-hydrogen) atoms. The first kappa shape index (κ1) is 20.0. The molecule has 1 aromatic rings. The van der Waals surface area contributed by atoms with E-state index in [-0.39, 0.29) is 31.4 Å². The SMILES string of the molecule is CCOC(=O)C1=C(C(=O)O)N2C(=O)[C@](NC(=O)Cc3cccs3)(OC)[C@@H]2CC1. The van der Waals surface area contributed by atoms with Gasteiger partial charge in [-0.05, 0) is 31.2 Å². The lowest BCUT2D eigenvalue weighted by Crippen LogP contribution is -2.81. The van der Waals surface area contributed by atoms with Gasteiger partial charge < -0.3 is 19.9 Å². The first-order valence-electron chi connectivity index (χ1n) is 8.71. The number of ether oxygens (including phenoxy) is 2. The molecule has 9 nitrogen and oxygen atoms in total. The second-order valence-electron chi connectivity index (χ2n) is 6.33. The van der Waals surface area contributed by atoms with Crippen molar-refractivity contribution in [2.45, 2.75) is 38.0 Å². The van der Waals surface area contributed by atoms with Crippen molar-refractivity contribution < 1.29 is 33.8 Å². The molecule has 0 radical (unpaired) electrons. The highest BCUT2D eigenvalue weighted by atomic mass is 32.1. The highest BCUT2D eigenvalue weighted by molar-refractivity contribution is 7.10. The monoisotopic (exact) mass is 408 g/mol. The number of carboxylic acids is 1. The number of nitrogens with zero attached hydrogens (tertiary/aromatic N) is 1. The van der Waals surface area contributed by atoms with Crippen LogP contribution in [0.4, 0.5) is 0 Å². The Morgan fingerprint density at radius 2 is 2.18 bits per heavy atom. The summed E-state index contributed by atoms with van der Waals surface area (Å²) in [6.07, 6.45) is 0.434. The number of aliphatic carboxylic acids is 1. The maximum absolute atomic E-state index is 12.9. The van der Waals surface area contributed by atoms with Gasteiger partial charge in [-0.15, -0.1) is 11.3 Å². The lowest BCUT2D eigenvalue weighted by atomic mass is 9.80. The number of esters is 1. The van der Waals surface area contributed by atoms with Crippen molar-refractivity contribution in [1.82, 2.24) is 10.2 Å². The van der Waals surface area contributed by atoms with Crippen LogP contribution in [0.25, 0.3) is 0 Å². The van der Waals surface area contributed by atoms with Crippen molar-refractivity contribution >= 4 is 35.1 Å². The zero-order chi connectivity index (χ0) is 20.5. The number of rotatable bonds is 7. The quantitative estimate of drug-likeness (QED) is 0.386. The predicted molar refractivity (Wildman–Crippen MR) is 97.1 cm³/mol. The molecular formula is C18H20N2O7S. The molecule has 2 amide bonds.